The Kier molecular flexibility index (Phi) is 7.21. The van der Waals surface area contributed by atoms with Gasteiger partial charge in [0.15, 0.2) is 5.82 Å². The Morgan fingerprint density at radius 1 is 0.711 bits per heavy atom. The van der Waals surface area contributed by atoms with Crippen molar-refractivity contribution in [1.29, 1.82) is 0 Å². The van der Waals surface area contributed by atoms with Crippen molar-refractivity contribution in [2.45, 2.75) is 38.0 Å². The molecule has 38 heavy (non-hydrogen) atoms. The Bertz CT molecular complexity index is 1410. The van der Waals surface area contributed by atoms with Gasteiger partial charge in [-0.25, -0.2) is 8.42 Å². The molecule has 1 saturated heterocycles. The van der Waals surface area contributed by atoms with Crippen molar-refractivity contribution in [3.63, 3.8) is 0 Å². The SMILES string of the molecule is Cc1cc(C)c(-c2ccc(N3CCN(S(=O)(=O)c4cc(C(F)(F)F)cc(C(F)(F)F)c4)CC3)nn2)cc1C. The molecule has 0 unspecified atom stereocenters. The summed E-state index contributed by atoms with van der Waals surface area (Å²) in [6.07, 6.45) is -10.3. The van der Waals surface area contributed by atoms with Gasteiger partial charge in [-0.05, 0) is 73.9 Å². The Morgan fingerprint density at radius 3 is 1.76 bits per heavy atom. The molecule has 0 bridgehead atoms. The molecular weight excluding hydrogens is 534 g/mol. The molecule has 4 rings (SSSR count). The lowest BCUT2D eigenvalue weighted by Gasteiger charge is -2.34. The number of hydrogen-bond acceptors (Lipinski definition) is 5. The number of aromatic nitrogens is 2. The number of aryl methyl sites for hydroxylation is 3. The molecule has 3 aromatic rings. The number of nitrogens with zero attached hydrogens (tertiary/aromatic N) is 4. The first kappa shape index (κ1) is 27.8. The van der Waals surface area contributed by atoms with Crippen LogP contribution in [0.4, 0.5) is 32.2 Å². The van der Waals surface area contributed by atoms with Crippen LogP contribution in [0, 0.1) is 20.8 Å². The van der Waals surface area contributed by atoms with Crippen LogP contribution in [0.25, 0.3) is 11.3 Å². The molecule has 0 amide bonds. The van der Waals surface area contributed by atoms with Gasteiger partial charge in [-0.2, -0.15) is 30.6 Å². The van der Waals surface area contributed by atoms with Crippen LogP contribution in [0.5, 0.6) is 0 Å². The van der Waals surface area contributed by atoms with Crippen LogP contribution in [-0.4, -0.2) is 49.1 Å². The van der Waals surface area contributed by atoms with E-state index in [2.05, 4.69) is 16.3 Å². The molecule has 2 aromatic carbocycles. The Labute approximate surface area is 216 Å². The number of piperazine rings is 1. The average molecular weight is 559 g/mol. The summed E-state index contributed by atoms with van der Waals surface area (Å²) in [6, 6.07) is 7.98. The summed E-state index contributed by atoms with van der Waals surface area (Å²) in [7, 11) is -4.62. The van der Waals surface area contributed by atoms with E-state index >= 15 is 0 Å². The predicted molar refractivity (Wildman–Crippen MR) is 129 cm³/mol. The van der Waals surface area contributed by atoms with E-state index in [-0.39, 0.29) is 44.4 Å². The third kappa shape index (κ3) is 5.63. The molecule has 1 aromatic heterocycles. The van der Waals surface area contributed by atoms with Crippen molar-refractivity contribution in [2.24, 2.45) is 0 Å². The van der Waals surface area contributed by atoms with Gasteiger partial charge in [0, 0.05) is 31.7 Å². The molecule has 0 saturated carbocycles. The van der Waals surface area contributed by atoms with Crippen LogP contribution < -0.4 is 4.90 Å². The molecule has 13 heteroatoms. The smallest absolute Gasteiger partial charge is 0.352 e. The Hall–Kier alpha value is -3.19. The summed E-state index contributed by atoms with van der Waals surface area (Å²) < 4.78 is 106. The van der Waals surface area contributed by atoms with Crippen molar-refractivity contribution in [3.05, 3.63) is 70.3 Å². The van der Waals surface area contributed by atoms with Crippen LogP contribution in [0.2, 0.25) is 0 Å². The molecule has 2 heterocycles. The number of anilines is 1. The van der Waals surface area contributed by atoms with Crippen LogP contribution in [0.3, 0.4) is 0 Å². The number of rotatable bonds is 4. The number of sulfonamides is 1. The maximum absolute atomic E-state index is 13.2. The first-order valence-electron chi connectivity index (χ1n) is 11.5. The van der Waals surface area contributed by atoms with E-state index in [0.717, 1.165) is 26.6 Å². The fourth-order valence-electron chi connectivity index (χ4n) is 4.26. The molecule has 0 radical (unpaired) electrons. The standard InChI is InChI=1S/C25H24F6N4O2S/c1-15-10-17(3)21(11-16(15)2)22-4-5-23(33-32-22)34-6-8-35(9-7-34)38(36,37)20-13-18(24(26,27)28)12-19(14-20)25(29,30)31/h4-5,10-14H,6-9H2,1-3H3. The highest BCUT2D eigenvalue weighted by Crippen LogP contribution is 2.38. The predicted octanol–water partition coefficient (Wildman–Crippen LogP) is 5.62. The van der Waals surface area contributed by atoms with Gasteiger partial charge in [-0.15, -0.1) is 10.2 Å². The van der Waals surface area contributed by atoms with E-state index in [1.165, 1.54) is 0 Å². The van der Waals surface area contributed by atoms with Gasteiger partial charge >= 0.3 is 12.4 Å². The summed E-state index contributed by atoms with van der Waals surface area (Å²) in [5.41, 5.74) is 1.54. The second kappa shape index (κ2) is 9.84. The van der Waals surface area contributed by atoms with E-state index < -0.39 is 38.4 Å². The molecule has 1 aliphatic heterocycles. The van der Waals surface area contributed by atoms with Crippen molar-refractivity contribution >= 4 is 15.8 Å². The van der Waals surface area contributed by atoms with Crippen LogP contribution >= 0.6 is 0 Å². The minimum absolute atomic E-state index is 0.0985. The molecule has 1 aliphatic rings. The minimum atomic E-state index is -5.15. The topological polar surface area (TPSA) is 66.4 Å². The normalized spacial score (nSPS) is 15.7. The third-order valence-electron chi connectivity index (χ3n) is 6.53. The van der Waals surface area contributed by atoms with Crippen molar-refractivity contribution < 1.29 is 34.8 Å². The lowest BCUT2D eigenvalue weighted by molar-refractivity contribution is -0.143. The highest BCUT2D eigenvalue weighted by atomic mass is 32.2. The highest BCUT2D eigenvalue weighted by Gasteiger charge is 2.39. The first-order valence-corrected chi connectivity index (χ1v) is 13.0. The Balaban J connectivity index is 1.52. The number of alkyl halides is 6. The molecule has 0 aliphatic carbocycles. The van der Waals surface area contributed by atoms with Gasteiger partial charge in [0.05, 0.1) is 21.7 Å². The van der Waals surface area contributed by atoms with E-state index in [1.807, 2.05) is 26.8 Å². The van der Waals surface area contributed by atoms with E-state index in [9.17, 15) is 34.8 Å². The molecule has 0 atom stereocenters. The monoisotopic (exact) mass is 558 g/mol. The summed E-state index contributed by atoms with van der Waals surface area (Å²) in [4.78, 5) is 0.699. The minimum Gasteiger partial charge on any atom is -0.352 e. The number of hydrogen-bond donors (Lipinski definition) is 0. The molecule has 204 valence electrons. The number of benzene rings is 2. The zero-order chi connectivity index (χ0) is 28.0. The van der Waals surface area contributed by atoms with E-state index in [0.29, 0.717) is 11.5 Å². The number of halogens is 6. The largest absolute Gasteiger partial charge is 0.416 e. The fraction of sp³-hybridized carbons (Fsp3) is 0.360. The molecule has 6 nitrogen and oxygen atoms in total. The second-order valence-corrected chi connectivity index (χ2v) is 11.1. The van der Waals surface area contributed by atoms with Crippen molar-refractivity contribution in [1.82, 2.24) is 14.5 Å². The molecule has 0 spiro atoms. The average Bonchev–Trinajstić information content (AvgIpc) is 2.85. The molecule has 0 N–H and O–H groups in total. The lowest BCUT2D eigenvalue weighted by atomic mass is 9.99. The quantitative estimate of drug-likeness (QED) is 0.389. The van der Waals surface area contributed by atoms with E-state index in [1.54, 1.807) is 17.0 Å². The van der Waals surface area contributed by atoms with Crippen molar-refractivity contribution in [2.75, 3.05) is 31.1 Å². The zero-order valence-electron chi connectivity index (χ0n) is 20.7. The summed E-state index contributed by atoms with van der Waals surface area (Å²) in [5, 5.41) is 8.55. The van der Waals surface area contributed by atoms with Gasteiger partial charge < -0.3 is 4.90 Å². The third-order valence-corrected chi connectivity index (χ3v) is 8.41. The van der Waals surface area contributed by atoms with Crippen LogP contribution in [0.15, 0.2) is 47.4 Å². The van der Waals surface area contributed by atoms with Gasteiger partial charge in [-0.1, -0.05) is 6.07 Å². The molecule has 1 fully saturated rings. The van der Waals surface area contributed by atoms with E-state index in [4.69, 9.17) is 0 Å². The van der Waals surface area contributed by atoms with Gasteiger partial charge in [0.2, 0.25) is 10.0 Å². The van der Waals surface area contributed by atoms with Crippen LogP contribution in [-0.2, 0) is 22.4 Å². The van der Waals surface area contributed by atoms with Crippen LogP contribution in [0.1, 0.15) is 27.8 Å². The van der Waals surface area contributed by atoms with Gasteiger partial charge in [0.25, 0.3) is 0 Å². The van der Waals surface area contributed by atoms with Gasteiger partial charge in [0.1, 0.15) is 0 Å². The maximum Gasteiger partial charge on any atom is 0.416 e. The maximum atomic E-state index is 13.2. The van der Waals surface area contributed by atoms with Crippen molar-refractivity contribution in [3.8, 4) is 11.3 Å². The molecular formula is C25H24F6N4O2S. The zero-order valence-corrected chi connectivity index (χ0v) is 21.5. The van der Waals surface area contributed by atoms with Gasteiger partial charge in [-0.3, -0.25) is 0 Å². The fourth-order valence-corrected chi connectivity index (χ4v) is 5.75. The highest BCUT2D eigenvalue weighted by molar-refractivity contribution is 7.89. The Morgan fingerprint density at radius 2 is 1.26 bits per heavy atom. The first-order chi connectivity index (χ1) is 17.6. The lowest BCUT2D eigenvalue weighted by Crippen LogP contribution is -2.49. The second-order valence-electron chi connectivity index (χ2n) is 9.16. The summed E-state index contributed by atoms with van der Waals surface area (Å²) in [6.45, 7) is 5.93. The summed E-state index contributed by atoms with van der Waals surface area (Å²) >= 11 is 0. The summed E-state index contributed by atoms with van der Waals surface area (Å²) in [5.74, 6) is 0.478.